The van der Waals surface area contributed by atoms with Gasteiger partial charge in [-0.1, -0.05) is 41.9 Å². The second-order valence-electron chi connectivity index (χ2n) is 7.60. The number of halogens is 1. The predicted molar refractivity (Wildman–Crippen MR) is 132 cm³/mol. The molecule has 1 heterocycles. The molecule has 0 fully saturated rings. The molecule has 0 spiro atoms. The van der Waals surface area contributed by atoms with E-state index in [2.05, 4.69) is 5.32 Å². The number of hydrogen-bond donors (Lipinski definition) is 2. The molecule has 3 aromatic carbocycles. The van der Waals surface area contributed by atoms with Crippen molar-refractivity contribution in [3.63, 3.8) is 0 Å². The number of nitrogens with one attached hydrogen (secondary N) is 1. The van der Waals surface area contributed by atoms with Gasteiger partial charge in [0.05, 0.1) is 30.8 Å². The number of primary amides is 1. The fraction of sp³-hybridized carbons (Fsp3) is 0.115. The lowest BCUT2D eigenvalue weighted by Gasteiger charge is -2.08. The number of nitrogens with two attached hydrogens (primary N) is 1. The fourth-order valence-corrected chi connectivity index (χ4v) is 3.51. The van der Waals surface area contributed by atoms with E-state index in [1.807, 2.05) is 48.7 Å². The van der Waals surface area contributed by atoms with E-state index >= 15 is 0 Å². The summed E-state index contributed by atoms with van der Waals surface area (Å²) in [7, 11) is 0. The Labute approximate surface area is 202 Å². The smallest absolute Gasteiger partial charge is 0.228 e. The maximum Gasteiger partial charge on any atom is 0.228 e. The molecule has 0 radical (unpaired) electrons. The zero-order valence-electron chi connectivity index (χ0n) is 18.3. The number of para-hydroxylation sites is 1. The van der Waals surface area contributed by atoms with Crippen LogP contribution >= 0.6 is 11.6 Å². The SMILES string of the molecule is NC(=O)CCOc1ccc(NC(=O)Cc2cn(-c3ccccc3)nc2-c2ccc(Cl)cc2)cc1. The molecule has 0 aliphatic rings. The lowest BCUT2D eigenvalue weighted by molar-refractivity contribution is -0.118. The highest BCUT2D eigenvalue weighted by Gasteiger charge is 2.16. The maximum absolute atomic E-state index is 12.8. The van der Waals surface area contributed by atoms with Crippen LogP contribution in [0.3, 0.4) is 0 Å². The van der Waals surface area contributed by atoms with Crippen LogP contribution in [0.15, 0.2) is 85.1 Å². The maximum atomic E-state index is 12.8. The normalized spacial score (nSPS) is 10.6. The van der Waals surface area contributed by atoms with Gasteiger partial charge in [0.15, 0.2) is 0 Å². The minimum atomic E-state index is -0.419. The number of carbonyl (C=O) groups excluding carboxylic acids is 2. The van der Waals surface area contributed by atoms with E-state index in [1.54, 1.807) is 41.1 Å². The Hall–Kier alpha value is -4.10. The van der Waals surface area contributed by atoms with Crippen molar-refractivity contribution in [3.8, 4) is 22.7 Å². The molecule has 7 nitrogen and oxygen atoms in total. The summed E-state index contributed by atoms with van der Waals surface area (Å²) in [5, 5.41) is 8.27. The second kappa shape index (κ2) is 10.7. The highest BCUT2D eigenvalue weighted by Crippen LogP contribution is 2.26. The van der Waals surface area contributed by atoms with Crippen molar-refractivity contribution in [1.82, 2.24) is 9.78 Å². The van der Waals surface area contributed by atoms with Gasteiger partial charge in [0, 0.05) is 28.0 Å². The minimum Gasteiger partial charge on any atom is -0.493 e. The largest absolute Gasteiger partial charge is 0.493 e. The molecule has 34 heavy (non-hydrogen) atoms. The summed E-state index contributed by atoms with van der Waals surface area (Å²) in [4.78, 5) is 23.7. The van der Waals surface area contributed by atoms with E-state index in [0.717, 1.165) is 16.8 Å². The van der Waals surface area contributed by atoms with Gasteiger partial charge in [0.2, 0.25) is 11.8 Å². The third-order valence-electron chi connectivity index (χ3n) is 5.03. The van der Waals surface area contributed by atoms with Gasteiger partial charge in [-0.3, -0.25) is 9.59 Å². The standard InChI is InChI=1S/C26H23ClN4O3/c27-20-8-6-18(7-9-20)26-19(17-31(30-26)22-4-2-1-3-5-22)16-25(33)29-21-10-12-23(13-11-21)34-15-14-24(28)32/h1-13,17H,14-16H2,(H2,28,32)(H,29,33). The number of nitrogens with zero attached hydrogens (tertiary/aromatic N) is 2. The zero-order chi connectivity index (χ0) is 23.9. The van der Waals surface area contributed by atoms with Gasteiger partial charge in [-0.05, 0) is 48.5 Å². The topological polar surface area (TPSA) is 99.2 Å². The van der Waals surface area contributed by atoms with Crippen molar-refractivity contribution in [1.29, 1.82) is 0 Å². The molecule has 3 N–H and O–H groups in total. The number of amides is 2. The molecular weight excluding hydrogens is 452 g/mol. The van der Waals surface area contributed by atoms with E-state index in [-0.39, 0.29) is 25.4 Å². The Morgan fingerprint density at radius 3 is 2.35 bits per heavy atom. The number of hydrogen-bond acceptors (Lipinski definition) is 4. The number of anilines is 1. The fourth-order valence-electron chi connectivity index (χ4n) is 3.38. The van der Waals surface area contributed by atoms with Gasteiger partial charge < -0.3 is 15.8 Å². The van der Waals surface area contributed by atoms with Crippen LogP contribution in [-0.4, -0.2) is 28.2 Å². The Kier molecular flexibility index (Phi) is 7.25. The molecule has 0 unspecified atom stereocenters. The second-order valence-corrected chi connectivity index (χ2v) is 8.04. The first kappa shape index (κ1) is 23.1. The third kappa shape index (κ3) is 6.02. The van der Waals surface area contributed by atoms with Crippen LogP contribution in [0.4, 0.5) is 5.69 Å². The first-order valence-electron chi connectivity index (χ1n) is 10.7. The summed E-state index contributed by atoms with van der Waals surface area (Å²) in [5.41, 5.74) is 9.02. The van der Waals surface area contributed by atoms with Crippen LogP contribution in [0.1, 0.15) is 12.0 Å². The molecular formula is C26H23ClN4O3. The van der Waals surface area contributed by atoms with E-state index in [0.29, 0.717) is 22.2 Å². The van der Waals surface area contributed by atoms with Gasteiger partial charge in [-0.25, -0.2) is 4.68 Å². The average molecular weight is 475 g/mol. The third-order valence-corrected chi connectivity index (χ3v) is 5.29. The number of aromatic nitrogens is 2. The van der Waals surface area contributed by atoms with Crippen LogP contribution in [0.5, 0.6) is 5.75 Å². The van der Waals surface area contributed by atoms with E-state index in [1.165, 1.54) is 0 Å². The summed E-state index contributed by atoms with van der Waals surface area (Å²) >= 11 is 6.05. The van der Waals surface area contributed by atoms with Gasteiger partial charge in [-0.2, -0.15) is 5.10 Å². The van der Waals surface area contributed by atoms with E-state index in [9.17, 15) is 9.59 Å². The lowest BCUT2D eigenvalue weighted by atomic mass is 10.1. The Morgan fingerprint density at radius 1 is 0.971 bits per heavy atom. The molecule has 4 rings (SSSR count). The van der Waals surface area contributed by atoms with Crippen LogP contribution in [0.25, 0.3) is 16.9 Å². The van der Waals surface area contributed by atoms with Gasteiger partial charge in [0.25, 0.3) is 0 Å². The highest BCUT2D eigenvalue weighted by molar-refractivity contribution is 6.30. The molecule has 2 amide bonds. The van der Waals surface area contributed by atoms with Crippen molar-refractivity contribution in [3.05, 3.63) is 95.6 Å². The molecule has 8 heteroatoms. The minimum absolute atomic E-state index is 0.141. The van der Waals surface area contributed by atoms with Crippen molar-refractivity contribution < 1.29 is 14.3 Å². The van der Waals surface area contributed by atoms with Crippen LogP contribution < -0.4 is 15.8 Å². The van der Waals surface area contributed by atoms with Crippen molar-refractivity contribution in [2.24, 2.45) is 5.73 Å². The molecule has 4 aromatic rings. The van der Waals surface area contributed by atoms with Crippen molar-refractivity contribution >= 4 is 29.1 Å². The van der Waals surface area contributed by atoms with E-state index < -0.39 is 5.91 Å². The van der Waals surface area contributed by atoms with E-state index in [4.69, 9.17) is 27.2 Å². The molecule has 0 atom stereocenters. The number of benzene rings is 3. The summed E-state index contributed by atoms with van der Waals surface area (Å²) in [6, 6.07) is 24.0. The zero-order valence-corrected chi connectivity index (χ0v) is 19.0. The monoisotopic (exact) mass is 474 g/mol. The molecule has 0 aliphatic carbocycles. The average Bonchev–Trinajstić information content (AvgIpc) is 3.24. The highest BCUT2D eigenvalue weighted by atomic mass is 35.5. The number of ether oxygens (including phenoxy) is 1. The van der Waals surface area contributed by atoms with Gasteiger partial charge in [-0.15, -0.1) is 0 Å². The van der Waals surface area contributed by atoms with Crippen molar-refractivity contribution in [2.75, 3.05) is 11.9 Å². The Balaban J connectivity index is 1.49. The van der Waals surface area contributed by atoms with Gasteiger partial charge >= 0.3 is 0 Å². The van der Waals surface area contributed by atoms with Crippen LogP contribution in [0.2, 0.25) is 5.02 Å². The number of carbonyl (C=O) groups is 2. The molecule has 0 saturated heterocycles. The van der Waals surface area contributed by atoms with Gasteiger partial charge in [0.1, 0.15) is 5.75 Å². The summed E-state index contributed by atoms with van der Waals surface area (Å²) < 4.78 is 7.23. The summed E-state index contributed by atoms with van der Waals surface area (Å²) in [6.07, 6.45) is 2.15. The quantitative estimate of drug-likeness (QED) is 0.369. The van der Waals surface area contributed by atoms with Crippen molar-refractivity contribution in [2.45, 2.75) is 12.8 Å². The lowest BCUT2D eigenvalue weighted by Crippen LogP contribution is -2.15. The Bertz CT molecular complexity index is 1270. The first-order valence-corrected chi connectivity index (χ1v) is 11.1. The summed E-state index contributed by atoms with van der Waals surface area (Å²) in [5.74, 6) is -0.00364. The summed E-state index contributed by atoms with van der Waals surface area (Å²) in [6.45, 7) is 0.208. The Morgan fingerprint density at radius 2 is 1.68 bits per heavy atom. The molecule has 172 valence electrons. The molecule has 1 aromatic heterocycles. The van der Waals surface area contributed by atoms with Crippen LogP contribution in [0, 0.1) is 0 Å². The molecule has 0 bridgehead atoms. The predicted octanol–water partition coefficient (Wildman–Crippen LogP) is 4.63. The van der Waals surface area contributed by atoms with Crippen LogP contribution in [-0.2, 0) is 16.0 Å². The first-order chi connectivity index (χ1) is 16.5. The number of rotatable bonds is 9. The molecule has 0 aliphatic heterocycles. The molecule has 0 saturated carbocycles.